The molecular weight excluding hydrogens is 197 g/mol. The van der Waals surface area contributed by atoms with Gasteiger partial charge >= 0.3 is 66.6 Å². The molecule has 0 aliphatic heterocycles. The summed E-state index contributed by atoms with van der Waals surface area (Å²) < 4.78 is 0. The van der Waals surface area contributed by atoms with Crippen molar-refractivity contribution in [1.82, 2.24) is 0 Å². The molecule has 0 aromatic carbocycles. The van der Waals surface area contributed by atoms with Crippen molar-refractivity contribution in [3.63, 3.8) is 0 Å². The third kappa shape index (κ3) is 4.79. The molecule has 0 saturated carbocycles. The van der Waals surface area contributed by atoms with E-state index < -0.39 is 12.0 Å². The maximum absolute atomic E-state index is 10.2. The molecule has 10 heavy (non-hydrogen) atoms. The minimum absolute atomic E-state index is 0.423. The van der Waals surface area contributed by atoms with Crippen LogP contribution in [0.2, 0.25) is 10.6 Å². The summed E-state index contributed by atoms with van der Waals surface area (Å²) in [5.41, 5.74) is 5.27. The van der Waals surface area contributed by atoms with Gasteiger partial charge in [0.1, 0.15) is 0 Å². The van der Waals surface area contributed by atoms with Crippen LogP contribution >= 0.6 is 0 Å². The Hall–Kier alpha value is -0.0505. The first-order valence-electron chi connectivity index (χ1n) is 3.24. The van der Waals surface area contributed by atoms with Crippen molar-refractivity contribution in [2.45, 2.75) is 30.0 Å². The summed E-state index contributed by atoms with van der Waals surface area (Å²) in [4.78, 5) is 10.2. The van der Waals surface area contributed by atoms with Crippen molar-refractivity contribution in [2.24, 2.45) is 5.73 Å². The van der Waals surface area contributed by atoms with Crippen LogP contribution in [0.5, 0.6) is 0 Å². The maximum atomic E-state index is 10.2. The van der Waals surface area contributed by atoms with E-state index in [1.807, 2.05) is 0 Å². The van der Waals surface area contributed by atoms with Crippen LogP contribution in [-0.2, 0) is 4.79 Å². The molecule has 0 aliphatic carbocycles. The molecule has 0 aromatic rings. The fraction of sp³-hybridized carbons (Fsp3) is 0.833. The molecule has 0 spiro atoms. The van der Waals surface area contributed by atoms with Crippen LogP contribution in [0.15, 0.2) is 0 Å². The Labute approximate surface area is 67.1 Å². The fourth-order valence-corrected chi connectivity index (χ4v) is 2.21. The topological polar surface area (TPSA) is 63.3 Å². The van der Waals surface area contributed by atoms with Crippen LogP contribution in [0.25, 0.3) is 0 Å². The number of rotatable bonds is 5. The normalized spacial score (nSPS) is 13.0. The molecule has 0 bridgehead atoms. The zero-order valence-electron chi connectivity index (χ0n) is 6.04. The second-order valence-corrected chi connectivity index (χ2v) is 4.43. The van der Waals surface area contributed by atoms with Crippen molar-refractivity contribution in [3.8, 4) is 0 Å². The summed E-state index contributed by atoms with van der Waals surface area (Å²) in [5, 5.41) is 10.2. The van der Waals surface area contributed by atoms with Crippen LogP contribution in [-0.4, -0.2) is 32.1 Å². The summed E-state index contributed by atoms with van der Waals surface area (Å²) in [5.74, 6) is -0.877. The first-order chi connectivity index (χ1) is 4.68. The number of carboxylic acids is 1. The number of carboxylic acid groups (broad SMARTS) is 1. The van der Waals surface area contributed by atoms with Crippen LogP contribution in [0.1, 0.15) is 13.3 Å². The molecule has 60 valence electrons. The van der Waals surface area contributed by atoms with Gasteiger partial charge in [-0.25, -0.2) is 0 Å². The third-order valence-corrected chi connectivity index (χ3v) is 3.67. The monoisotopic (exact) mass is 211 g/mol. The molecular formula is C6H13NO2Se. The van der Waals surface area contributed by atoms with Gasteiger partial charge in [0.25, 0.3) is 0 Å². The molecule has 1 unspecified atom stereocenters. The molecule has 0 fully saturated rings. The average molecular weight is 210 g/mol. The zero-order valence-corrected chi connectivity index (χ0v) is 7.75. The van der Waals surface area contributed by atoms with E-state index in [2.05, 4.69) is 6.92 Å². The Balaban J connectivity index is 3.21. The predicted molar refractivity (Wildman–Crippen MR) is 41.3 cm³/mol. The van der Waals surface area contributed by atoms with Crippen molar-refractivity contribution in [2.75, 3.05) is 0 Å². The van der Waals surface area contributed by atoms with E-state index >= 15 is 0 Å². The number of hydrogen-bond donors (Lipinski definition) is 2. The molecule has 0 radical (unpaired) electrons. The Morgan fingerprint density at radius 3 is 2.80 bits per heavy atom. The molecule has 4 heteroatoms. The van der Waals surface area contributed by atoms with Gasteiger partial charge < -0.3 is 0 Å². The Morgan fingerprint density at radius 1 is 1.80 bits per heavy atom. The van der Waals surface area contributed by atoms with E-state index in [1.165, 1.54) is 0 Å². The van der Waals surface area contributed by atoms with Crippen LogP contribution in [0, 0.1) is 0 Å². The molecule has 1 atom stereocenters. The SMILES string of the molecule is CCC[Se]CC(N)C(=O)O. The van der Waals surface area contributed by atoms with E-state index in [4.69, 9.17) is 10.8 Å². The van der Waals surface area contributed by atoms with Crippen LogP contribution in [0.3, 0.4) is 0 Å². The molecule has 0 aromatic heterocycles. The van der Waals surface area contributed by atoms with Crippen LogP contribution in [0.4, 0.5) is 0 Å². The first-order valence-corrected chi connectivity index (χ1v) is 5.67. The van der Waals surface area contributed by atoms with Gasteiger partial charge in [0.05, 0.1) is 0 Å². The van der Waals surface area contributed by atoms with Gasteiger partial charge in [0, 0.05) is 0 Å². The summed E-state index contributed by atoms with van der Waals surface area (Å²) in [6.45, 7) is 2.09. The van der Waals surface area contributed by atoms with Gasteiger partial charge in [-0.3, -0.25) is 0 Å². The van der Waals surface area contributed by atoms with Crippen molar-refractivity contribution in [1.29, 1.82) is 0 Å². The van der Waals surface area contributed by atoms with E-state index in [1.54, 1.807) is 0 Å². The number of hydrogen-bond acceptors (Lipinski definition) is 2. The number of nitrogens with two attached hydrogens (primary N) is 1. The second-order valence-electron chi connectivity index (χ2n) is 2.02. The zero-order chi connectivity index (χ0) is 7.98. The summed E-state index contributed by atoms with van der Waals surface area (Å²) in [6.07, 6.45) is 1.13. The van der Waals surface area contributed by atoms with Crippen molar-refractivity contribution < 1.29 is 9.90 Å². The molecule has 0 rings (SSSR count). The number of carbonyl (C=O) groups is 1. The van der Waals surface area contributed by atoms with Crippen molar-refractivity contribution >= 4 is 20.9 Å². The average Bonchev–Trinajstić information content (AvgIpc) is 1.88. The molecule has 0 heterocycles. The minimum atomic E-state index is -0.877. The third-order valence-electron chi connectivity index (χ3n) is 0.963. The summed E-state index contributed by atoms with van der Waals surface area (Å²) >= 11 is 0.423. The van der Waals surface area contributed by atoms with E-state index in [0.717, 1.165) is 11.7 Å². The van der Waals surface area contributed by atoms with E-state index in [-0.39, 0.29) is 0 Å². The van der Waals surface area contributed by atoms with E-state index in [9.17, 15) is 4.79 Å². The second kappa shape index (κ2) is 5.71. The molecule has 0 saturated heterocycles. The van der Waals surface area contributed by atoms with Crippen molar-refractivity contribution in [3.05, 3.63) is 0 Å². The Bertz CT molecular complexity index is 108. The van der Waals surface area contributed by atoms with Gasteiger partial charge in [-0.2, -0.15) is 0 Å². The van der Waals surface area contributed by atoms with E-state index in [0.29, 0.717) is 20.3 Å². The standard InChI is InChI=1S/C6H13NO2Se/c1-2-3-10-4-5(7)6(8)9/h5H,2-4,7H2,1H3,(H,8,9). The predicted octanol–water partition coefficient (Wildman–Crippen LogP) is 0.349. The first kappa shape index (κ1) is 9.95. The molecule has 0 amide bonds. The summed E-state index contributed by atoms with van der Waals surface area (Å²) in [7, 11) is 0. The van der Waals surface area contributed by atoms with Gasteiger partial charge in [-0.1, -0.05) is 0 Å². The molecule has 3 N–H and O–H groups in total. The summed E-state index contributed by atoms with van der Waals surface area (Å²) in [6, 6.07) is -0.633. The van der Waals surface area contributed by atoms with Crippen LogP contribution < -0.4 is 5.73 Å². The molecule has 0 aliphatic rings. The van der Waals surface area contributed by atoms with Gasteiger partial charge in [0.2, 0.25) is 0 Å². The number of aliphatic carboxylic acids is 1. The van der Waals surface area contributed by atoms with Gasteiger partial charge in [-0.15, -0.1) is 0 Å². The quantitative estimate of drug-likeness (QED) is 0.508. The van der Waals surface area contributed by atoms with Gasteiger partial charge in [0.15, 0.2) is 0 Å². The van der Waals surface area contributed by atoms with Gasteiger partial charge in [-0.05, 0) is 0 Å². The molecule has 3 nitrogen and oxygen atoms in total. The Kier molecular flexibility index (Phi) is 5.68. The fourth-order valence-electron chi connectivity index (χ4n) is 0.426. The Morgan fingerprint density at radius 2 is 2.40 bits per heavy atom.